The van der Waals surface area contributed by atoms with Crippen LogP contribution < -0.4 is 0 Å². The van der Waals surface area contributed by atoms with Crippen molar-refractivity contribution in [3.05, 3.63) is 54.1 Å². The minimum atomic E-state index is 0.00433. The first-order chi connectivity index (χ1) is 14.1. The molecule has 2 aromatic carbocycles. The van der Waals surface area contributed by atoms with Gasteiger partial charge < -0.3 is 14.4 Å². The maximum Gasteiger partial charge on any atom is 0.246 e. The number of benzene rings is 2. The zero-order valence-electron chi connectivity index (χ0n) is 17.1. The molecule has 5 heteroatoms. The number of fused-ring (bicyclic) bond motifs is 3. The first-order valence-corrected chi connectivity index (χ1v) is 10.4. The number of aryl methyl sites for hydroxylation is 1. The van der Waals surface area contributed by atoms with Crippen LogP contribution in [0.15, 0.2) is 48.5 Å². The molecular weight excluding hydrogens is 362 g/mol. The van der Waals surface area contributed by atoms with E-state index in [4.69, 9.17) is 0 Å². The number of para-hydroxylation sites is 1. The molecule has 0 unspecified atom stereocenters. The minimum absolute atomic E-state index is 0.00433. The molecule has 150 valence electrons. The number of carbonyl (C=O) groups is 2. The lowest BCUT2D eigenvalue weighted by atomic mass is 10.1. The van der Waals surface area contributed by atoms with Gasteiger partial charge in [0.2, 0.25) is 11.8 Å². The fourth-order valence-corrected chi connectivity index (χ4v) is 4.19. The number of aromatic nitrogens is 1. The monoisotopic (exact) mass is 389 g/mol. The number of rotatable bonds is 4. The van der Waals surface area contributed by atoms with Gasteiger partial charge in [0.1, 0.15) is 0 Å². The fraction of sp³-hybridized carbons (Fsp3) is 0.333. The molecule has 0 N–H and O–H groups in total. The number of carbonyl (C=O) groups excluding carboxylic acids is 2. The SMILES string of the molecule is CCC(=O)N1CCN(C(=O)/C=C/c2ccc3c(c2)c2ccccc2n3CC)CC1. The normalized spacial score (nSPS) is 15.0. The van der Waals surface area contributed by atoms with Gasteiger partial charge in [0.15, 0.2) is 0 Å². The predicted octanol–water partition coefficient (Wildman–Crippen LogP) is 3.91. The molecule has 0 spiro atoms. The number of amides is 2. The van der Waals surface area contributed by atoms with E-state index in [1.807, 2.05) is 22.8 Å². The Kier molecular flexibility index (Phi) is 5.38. The third-order valence-electron chi connectivity index (χ3n) is 5.78. The highest BCUT2D eigenvalue weighted by Gasteiger charge is 2.21. The Bertz CT molecular complexity index is 1090. The highest BCUT2D eigenvalue weighted by molar-refractivity contribution is 6.08. The first kappa shape index (κ1) is 19.2. The maximum absolute atomic E-state index is 12.6. The minimum Gasteiger partial charge on any atom is -0.341 e. The summed E-state index contributed by atoms with van der Waals surface area (Å²) in [5.74, 6) is 0.164. The molecule has 0 saturated carbocycles. The summed E-state index contributed by atoms with van der Waals surface area (Å²) in [6.07, 6.45) is 4.06. The summed E-state index contributed by atoms with van der Waals surface area (Å²) in [6.45, 7) is 7.38. The van der Waals surface area contributed by atoms with Crippen LogP contribution in [0.3, 0.4) is 0 Å². The average molecular weight is 389 g/mol. The van der Waals surface area contributed by atoms with Crippen molar-refractivity contribution in [1.82, 2.24) is 14.4 Å². The lowest BCUT2D eigenvalue weighted by Crippen LogP contribution is -2.50. The molecule has 4 rings (SSSR count). The first-order valence-electron chi connectivity index (χ1n) is 10.4. The third-order valence-corrected chi connectivity index (χ3v) is 5.78. The van der Waals surface area contributed by atoms with Crippen molar-refractivity contribution in [2.24, 2.45) is 0 Å². The Labute approximate surface area is 171 Å². The van der Waals surface area contributed by atoms with Gasteiger partial charge in [0.25, 0.3) is 0 Å². The van der Waals surface area contributed by atoms with E-state index in [0.717, 1.165) is 12.1 Å². The van der Waals surface area contributed by atoms with Gasteiger partial charge in [-0.3, -0.25) is 9.59 Å². The van der Waals surface area contributed by atoms with Crippen LogP contribution in [0.5, 0.6) is 0 Å². The summed E-state index contributed by atoms with van der Waals surface area (Å²) in [4.78, 5) is 28.0. The van der Waals surface area contributed by atoms with Gasteiger partial charge in [-0.1, -0.05) is 31.2 Å². The molecule has 1 aromatic heterocycles. The molecule has 1 fully saturated rings. The summed E-state index contributed by atoms with van der Waals surface area (Å²) >= 11 is 0. The predicted molar refractivity (Wildman–Crippen MR) is 118 cm³/mol. The molecule has 0 bridgehead atoms. The summed E-state index contributed by atoms with van der Waals surface area (Å²) in [6, 6.07) is 14.8. The lowest BCUT2D eigenvalue weighted by molar-refractivity contribution is -0.136. The highest BCUT2D eigenvalue weighted by atomic mass is 16.2. The van der Waals surface area contributed by atoms with E-state index in [0.29, 0.717) is 32.6 Å². The van der Waals surface area contributed by atoms with Crippen molar-refractivity contribution >= 4 is 39.7 Å². The van der Waals surface area contributed by atoms with E-state index in [-0.39, 0.29) is 11.8 Å². The standard InChI is InChI=1S/C24H27N3O2/c1-3-23(28)25-13-15-26(16-14-25)24(29)12-10-18-9-11-22-20(17-18)19-7-5-6-8-21(19)27(22)4-2/h5-12,17H,3-4,13-16H2,1-2H3/b12-10+. The quantitative estimate of drug-likeness (QED) is 0.635. The van der Waals surface area contributed by atoms with Crippen LogP contribution in [-0.2, 0) is 16.1 Å². The second-order valence-electron chi connectivity index (χ2n) is 7.43. The Morgan fingerprint density at radius 1 is 0.897 bits per heavy atom. The molecule has 29 heavy (non-hydrogen) atoms. The van der Waals surface area contributed by atoms with Gasteiger partial charge in [-0.15, -0.1) is 0 Å². The van der Waals surface area contributed by atoms with Gasteiger partial charge in [-0.05, 0) is 36.8 Å². The van der Waals surface area contributed by atoms with Crippen LogP contribution >= 0.6 is 0 Å². The summed E-state index contributed by atoms with van der Waals surface area (Å²) in [7, 11) is 0. The summed E-state index contributed by atoms with van der Waals surface area (Å²) in [5.41, 5.74) is 3.47. The van der Waals surface area contributed by atoms with Gasteiger partial charge >= 0.3 is 0 Å². The fourth-order valence-electron chi connectivity index (χ4n) is 4.19. The second kappa shape index (κ2) is 8.11. The Morgan fingerprint density at radius 2 is 1.59 bits per heavy atom. The molecular formula is C24H27N3O2. The smallest absolute Gasteiger partial charge is 0.246 e. The topological polar surface area (TPSA) is 45.6 Å². The van der Waals surface area contributed by atoms with Crippen molar-refractivity contribution < 1.29 is 9.59 Å². The van der Waals surface area contributed by atoms with Crippen molar-refractivity contribution in [3.63, 3.8) is 0 Å². The number of piperazine rings is 1. The van der Waals surface area contributed by atoms with Gasteiger partial charge in [-0.2, -0.15) is 0 Å². The number of hydrogen-bond donors (Lipinski definition) is 0. The van der Waals surface area contributed by atoms with Crippen LogP contribution in [-0.4, -0.2) is 52.4 Å². The third kappa shape index (κ3) is 3.65. The van der Waals surface area contributed by atoms with Gasteiger partial charge in [-0.25, -0.2) is 0 Å². The Morgan fingerprint density at radius 3 is 2.31 bits per heavy atom. The molecule has 0 radical (unpaired) electrons. The zero-order valence-corrected chi connectivity index (χ0v) is 17.1. The van der Waals surface area contributed by atoms with E-state index >= 15 is 0 Å². The van der Waals surface area contributed by atoms with E-state index in [1.165, 1.54) is 21.8 Å². The van der Waals surface area contributed by atoms with E-state index in [9.17, 15) is 9.59 Å². The number of hydrogen-bond acceptors (Lipinski definition) is 2. The molecule has 0 atom stereocenters. The van der Waals surface area contributed by atoms with Crippen molar-refractivity contribution in [2.45, 2.75) is 26.8 Å². The van der Waals surface area contributed by atoms with Crippen molar-refractivity contribution in [2.75, 3.05) is 26.2 Å². The number of nitrogens with zero attached hydrogens (tertiary/aromatic N) is 3. The molecule has 0 aliphatic carbocycles. The van der Waals surface area contributed by atoms with E-state index < -0.39 is 0 Å². The average Bonchev–Trinajstić information content (AvgIpc) is 3.10. The molecule has 1 saturated heterocycles. The van der Waals surface area contributed by atoms with Crippen molar-refractivity contribution in [3.8, 4) is 0 Å². The van der Waals surface area contributed by atoms with Crippen LogP contribution in [0.4, 0.5) is 0 Å². The second-order valence-corrected chi connectivity index (χ2v) is 7.43. The zero-order chi connectivity index (χ0) is 20.4. The largest absolute Gasteiger partial charge is 0.341 e. The molecule has 1 aliphatic heterocycles. The molecule has 5 nitrogen and oxygen atoms in total. The Hall–Kier alpha value is -3.08. The van der Waals surface area contributed by atoms with E-state index in [2.05, 4.69) is 54.0 Å². The van der Waals surface area contributed by atoms with Crippen LogP contribution in [0.25, 0.3) is 27.9 Å². The van der Waals surface area contributed by atoms with Crippen LogP contribution in [0, 0.1) is 0 Å². The molecule has 2 heterocycles. The summed E-state index contributed by atoms with van der Waals surface area (Å²) in [5, 5.41) is 2.45. The van der Waals surface area contributed by atoms with E-state index in [1.54, 1.807) is 6.08 Å². The highest BCUT2D eigenvalue weighted by Crippen LogP contribution is 2.30. The maximum atomic E-state index is 12.6. The van der Waals surface area contributed by atoms with Gasteiger partial charge in [0.05, 0.1) is 0 Å². The Balaban J connectivity index is 1.52. The molecule has 3 aromatic rings. The van der Waals surface area contributed by atoms with Gasteiger partial charge in [0, 0.05) is 67.0 Å². The lowest BCUT2D eigenvalue weighted by Gasteiger charge is -2.34. The van der Waals surface area contributed by atoms with Crippen molar-refractivity contribution in [1.29, 1.82) is 0 Å². The molecule has 1 aliphatic rings. The summed E-state index contributed by atoms with van der Waals surface area (Å²) < 4.78 is 2.32. The van der Waals surface area contributed by atoms with Crippen LogP contribution in [0.1, 0.15) is 25.8 Å². The van der Waals surface area contributed by atoms with Crippen LogP contribution in [0.2, 0.25) is 0 Å². The molecule has 2 amide bonds.